The van der Waals surface area contributed by atoms with Crippen LogP contribution in [0.15, 0.2) is 48.5 Å². The topological polar surface area (TPSA) is 29.5 Å². The van der Waals surface area contributed by atoms with Crippen molar-refractivity contribution >= 4 is 11.6 Å². The molecule has 2 aromatic carbocycles. The number of ether oxygens (including phenoxy) is 1. The first-order valence-corrected chi connectivity index (χ1v) is 9.12. The Hall–Kier alpha value is -1.35. The highest BCUT2D eigenvalue weighted by molar-refractivity contribution is 6.30. The van der Waals surface area contributed by atoms with E-state index in [9.17, 15) is 0 Å². The minimum atomic E-state index is 0.140. The van der Waals surface area contributed by atoms with E-state index in [1.54, 1.807) is 0 Å². The van der Waals surface area contributed by atoms with Gasteiger partial charge in [-0.3, -0.25) is 0 Å². The number of aliphatic hydroxyl groups excluding tert-OH is 1. The molecule has 1 atom stereocenters. The summed E-state index contributed by atoms with van der Waals surface area (Å²) in [6.45, 7) is 1.87. The summed E-state index contributed by atoms with van der Waals surface area (Å²) >= 11 is 6.04. The van der Waals surface area contributed by atoms with Gasteiger partial charge >= 0.3 is 0 Å². The summed E-state index contributed by atoms with van der Waals surface area (Å²) < 4.78 is 5.73. The molecule has 2 nitrogen and oxygen atoms in total. The van der Waals surface area contributed by atoms with Gasteiger partial charge < -0.3 is 9.84 Å². The average molecular weight is 345 g/mol. The van der Waals surface area contributed by atoms with Gasteiger partial charge in [0.1, 0.15) is 0 Å². The summed E-state index contributed by atoms with van der Waals surface area (Å²) in [5, 5.41) is 9.77. The number of rotatable bonds is 7. The average Bonchev–Trinajstić information content (AvgIpc) is 3.07. The van der Waals surface area contributed by atoms with E-state index in [-0.39, 0.29) is 12.0 Å². The van der Waals surface area contributed by atoms with Crippen LogP contribution in [0, 0.1) is 0 Å². The molecular weight excluding hydrogens is 320 g/mol. The Morgan fingerprint density at radius 2 is 1.62 bits per heavy atom. The fourth-order valence-corrected chi connectivity index (χ4v) is 3.74. The van der Waals surface area contributed by atoms with E-state index in [0.717, 1.165) is 50.3 Å². The minimum absolute atomic E-state index is 0.140. The molecule has 0 aromatic heterocycles. The smallest absolute Gasteiger partial charge is 0.0563 e. The van der Waals surface area contributed by atoms with Crippen molar-refractivity contribution in [1.29, 1.82) is 0 Å². The number of aryl methyl sites for hydroxylation is 1. The lowest BCUT2D eigenvalue weighted by Gasteiger charge is -2.28. The third-order valence-electron chi connectivity index (χ3n) is 5.10. The molecule has 1 heterocycles. The zero-order chi connectivity index (χ0) is 16.8. The van der Waals surface area contributed by atoms with Crippen molar-refractivity contribution in [2.75, 3.05) is 19.8 Å². The third-order valence-corrected chi connectivity index (χ3v) is 5.36. The van der Waals surface area contributed by atoms with Crippen LogP contribution in [0.3, 0.4) is 0 Å². The normalized spacial score (nSPS) is 20.4. The van der Waals surface area contributed by atoms with E-state index >= 15 is 0 Å². The van der Waals surface area contributed by atoms with Gasteiger partial charge in [-0.15, -0.1) is 0 Å². The second kappa shape index (κ2) is 8.15. The molecule has 0 aliphatic carbocycles. The molecule has 0 spiro atoms. The minimum Gasteiger partial charge on any atom is -0.396 e. The molecule has 2 aromatic rings. The van der Waals surface area contributed by atoms with Crippen LogP contribution in [-0.2, 0) is 23.0 Å². The zero-order valence-electron chi connectivity index (χ0n) is 14.0. The van der Waals surface area contributed by atoms with Crippen molar-refractivity contribution in [1.82, 2.24) is 0 Å². The lowest BCUT2D eigenvalue weighted by Crippen LogP contribution is -2.26. The predicted molar refractivity (Wildman–Crippen MR) is 98.7 cm³/mol. The Labute approximate surface area is 149 Å². The van der Waals surface area contributed by atoms with Gasteiger partial charge in [-0.05, 0) is 60.9 Å². The van der Waals surface area contributed by atoms with Crippen LogP contribution in [0.2, 0.25) is 5.02 Å². The Bertz CT molecular complexity index is 628. The molecule has 1 saturated heterocycles. The molecule has 3 rings (SSSR count). The van der Waals surface area contributed by atoms with Crippen LogP contribution in [-0.4, -0.2) is 24.9 Å². The molecule has 1 aliphatic rings. The first kappa shape index (κ1) is 17.5. The summed E-state index contributed by atoms with van der Waals surface area (Å²) in [5.74, 6) is 0. The van der Waals surface area contributed by atoms with E-state index in [1.165, 1.54) is 16.7 Å². The highest BCUT2D eigenvalue weighted by atomic mass is 35.5. The predicted octanol–water partition coefficient (Wildman–Crippen LogP) is 4.56. The second-order valence-corrected chi connectivity index (χ2v) is 7.17. The largest absolute Gasteiger partial charge is 0.396 e. The maximum atomic E-state index is 8.99. The van der Waals surface area contributed by atoms with Crippen LogP contribution >= 0.6 is 11.6 Å². The Morgan fingerprint density at radius 3 is 2.21 bits per heavy atom. The fraction of sp³-hybridized carbons (Fsp3) is 0.429. The van der Waals surface area contributed by atoms with E-state index in [2.05, 4.69) is 36.4 Å². The van der Waals surface area contributed by atoms with E-state index in [4.69, 9.17) is 21.4 Å². The van der Waals surface area contributed by atoms with Gasteiger partial charge in [0.05, 0.1) is 6.61 Å². The lowest BCUT2D eigenvalue weighted by molar-refractivity contribution is 0.173. The number of halogens is 1. The quantitative estimate of drug-likeness (QED) is 0.798. The SMILES string of the molecule is OCCc1ccc(CCCC2(c3ccc(Cl)cc3)CCOC2)cc1. The molecule has 1 fully saturated rings. The van der Waals surface area contributed by atoms with Gasteiger partial charge in [0.15, 0.2) is 0 Å². The van der Waals surface area contributed by atoms with E-state index in [0.29, 0.717) is 0 Å². The van der Waals surface area contributed by atoms with Crippen molar-refractivity contribution in [3.05, 3.63) is 70.2 Å². The highest BCUT2D eigenvalue weighted by Crippen LogP contribution is 2.38. The van der Waals surface area contributed by atoms with Gasteiger partial charge in [-0.2, -0.15) is 0 Å². The van der Waals surface area contributed by atoms with Gasteiger partial charge in [-0.1, -0.05) is 48.0 Å². The molecule has 128 valence electrons. The Balaban J connectivity index is 1.61. The van der Waals surface area contributed by atoms with Crippen molar-refractivity contribution in [3.8, 4) is 0 Å². The lowest BCUT2D eigenvalue weighted by atomic mass is 9.75. The molecule has 0 radical (unpaired) electrons. The maximum absolute atomic E-state index is 8.99. The van der Waals surface area contributed by atoms with Crippen LogP contribution < -0.4 is 0 Å². The standard InChI is InChI=1S/C21H25ClO2/c22-20-9-7-19(8-10-20)21(13-15-24-16-21)12-1-2-17-3-5-18(6-4-17)11-14-23/h3-10,23H,1-2,11-16H2. The van der Waals surface area contributed by atoms with E-state index < -0.39 is 0 Å². The van der Waals surface area contributed by atoms with Crippen LogP contribution in [0.4, 0.5) is 0 Å². The molecule has 24 heavy (non-hydrogen) atoms. The van der Waals surface area contributed by atoms with Crippen molar-refractivity contribution < 1.29 is 9.84 Å². The fourth-order valence-electron chi connectivity index (χ4n) is 3.61. The van der Waals surface area contributed by atoms with Gasteiger partial charge in [0.25, 0.3) is 0 Å². The first-order chi connectivity index (χ1) is 11.7. The summed E-state index contributed by atoms with van der Waals surface area (Å²) in [7, 11) is 0. The zero-order valence-corrected chi connectivity index (χ0v) is 14.8. The summed E-state index contributed by atoms with van der Waals surface area (Å²) in [6.07, 6.45) is 5.18. The molecule has 3 heteroatoms. The summed E-state index contributed by atoms with van der Waals surface area (Å²) in [5.41, 5.74) is 4.05. The Kier molecular flexibility index (Phi) is 5.94. The maximum Gasteiger partial charge on any atom is 0.0563 e. The first-order valence-electron chi connectivity index (χ1n) is 8.74. The molecular formula is C21H25ClO2. The van der Waals surface area contributed by atoms with Crippen molar-refractivity contribution in [2.45, 2.75) is 37.5 Å². The number of hydrogen-bond acceptors (Lipinski definition) is 2. The van der Waals surface area contributed by atoms with Crippen LogP contribution in [0.25, 0.3) is 0 Å². The molecule has 1 N–H and O–H groups in total. The number of hydrogen-bond donors (Lipinski definition) is 1. The van der Waals surface area contributed by atoms with Crippen LogP contribution in [0.1, 0.15) is 36.0 Å². The summed E-state index contributed by atoms with van der Waals surface area (Å²) in [6, 6.07) is 16.9. The van der Waals surface area contributed by atoms with E-state index in [1.807, 2.05) is 12.1 Å². The van der Waals surface area contributed by atoms with Crippen LogP contribution in [0.5, 0.6) is 0 Å². The second-order valence-electron chi connectivity index (χ2n) is 6.73. The Morgan fingerprint density at radius 1 is 0.958 bits per heavy atom. The molecule has 0 saturated carbocycles. The van der Waals surface area contributed by atoms with Gasteiger partial charge in [0.2, 0.25) is 0 Å². The molecule has 0 amide bonds. The number of aliphatic hydroxyl groups is 1. The molecule has 0 bridgehead atoms. The van der Waals surface area contributed by atoms with Crippen molar-refractivity contribution in [2.24, 2.45) is 0 Å². The monoisotopic (exact) mass is 344 g/mol. The van der Waals surface area contributed by atoms with Crippen molar-refractivity contribution in [3.63, 3.8) is 0 Å². The number of benzene rings is 2. The molecule has 1 unspecified atom stereocenters. The van der Waals surface area contributed by atoms with Gasteiger partial charge in [-0.25, -0.2) is 0 Å². The third kappa shape index (κ3) is 4.18. The molecule has 1 aliphatic heterocycles. The van der Waals surface area contributed by atoms with Gasteiger partial charge in [0, 0.05) is 23.7 Å². The summed E-state index contributed by atoms with van der Waals surface area (Å²) in [4.78, 5) is 0. The highest BCUT2D eigenvalue weighted by Gasteiger charge is 2.35.